The van der Waals surface area contributed by atoms with E-state index in [2.05, 4.69) is 16.9 Å². The predicted octanol–water partition coefficient (Wildman–Crippen LogP) is 5.77. The minimum atomic E-state index is -0.555. The van der Waals surface area contributed by atoms with Crippen molar-refractivity contribution < 1.29 is 8.78 Å². The molecule has 0 saturated carbocycles. The third kappa shape index (κ3) is 4.28. The highest BCUT2D eigenvalue weighted by Gasteiger charge is 2.18. The van der Waals surface area contributed by atoms with E-state index in [4.69, 9.17) is 0 Å². The van der Waals surface area contributed by atoms with Crippen molar-refractivity contribution in [2.75, 3.05) is 13.6 Å². The van der Waals surface area contributed by atoms with Crippen LogP contribution in [-0.2, 0) is 6.42 Å². The lowest BCUT2D eigenvalue weighted by atomic mass is 9.93. The molecule has 0 spiro atoms. The monoisotopic (exact) mass is 368 g/mol. The summed E-state index contributed by atoms with van der Waals surface area (Å²) in [6.45, 7) is 6.88. The molecule has 0 fully saturated rings. The van der Waals surface area contributed by atoms with Crippen molar-refractivity contribution in [1.29, 1.82) is 0 Å². The number of rotatable bonds is 8. The molecule has 27 heavy (non-hydrogen) atoms. The molecule has 1 unspecified atom stereocenters. The van der Waals surface area contributed by atoms with Gasteiger partial charge in [-0.1, -0.05) is 35.9 Å². The molecule has 0 saturated heterocycles. The highest BCUT2D eigenvalue weighted by Crippen LogP contribution is 2.34. The molecule has 142 valence electrons. The lowest BCUT2D eigenvalue weighted by molar-refractivity contribution is 0.530. The summed E-state index contributed by atoms with van der Waals surface area (Å²) in [5.74, 6) is -0.752. The number of fused-ring (bicyclic) bond motifs is 1. The smallest absolute Gasteiger partial charge is 0.150 e. The highest BCUT2D eigenvalue weighted by atomic mass is 19.1. The molecule has 3 aromatic rings. The fourth-order valence-corrected chi connectivity index (χ4v) is 3.54. The number of aromatic nitrogens is 1. The summed E-state index contributed by atoms with van der Waals surface area (Å²) in [6.07, 6.45) is 4.57. The van der Waals surface area contributed by atoms with E-state index < -0.39 is 11.6 Å². The summed E-state index contributed by atoms with van der Waals surface area (Å²) in [5, 5.41) is 3.78. The standard InChI is InChI=1S/C23H26F2N2/c1-4-16(11-12-26-3)7-10-19-20-13-18(24)14-21(25)23(20)27-22(19)17-8-5-15(2)6-9-17/h4-6,8-9,13-14,16,26-27H,1,7,10-12H2,2-3H3. The van der Waals surface area contributed by atoms with Crippen LogP contribution in [0.1, 0.15) is 24.0 Å². The Morgan fingerprint density at radius 2 is 1.89 bits per heavy atom. The molecule has 3 rings (SSSR count). The Balaban J connectivity index is 2.03. The molecule has 1 heterocycles. The van der Waals surface area contributed by atoms with E-state index in [-0.39, 0.29) is 0 Å². The fraction of sp³-hybridized carbons (Fsp3) is 0.304. The second-order valence-corrected chi connectivity index (χ2v) is 7.08. The summed E-state index contributed by atoms with van der Waals surface area (Å²) in [4.78, 5) is 3.20. The average Bonchev–Trinajstić information content (AvgIpc) is 3.01. The van der Waals surface area contributed by atoms with Gasteiger partial charge >= 0.3 is 0 Å². The van der Waals surface area contributed by atoms with Gasteiger partial charge in [0, 0.05) is 17.1 Å². The molecule has 0 aliphatic heterocycles. The van der Waals surface area contributed by atoms with Crippen LogP contribution in [0.5, 0.6) is 0 Å². The van der Waals surface area contributed by atoms with E-state index in [1.165, 1.54) is 6.07 Å². The van der Waals surface area contributed by atoms with Gasteiger partial charge < -0.3 is 10.3 Å². The first kappa shape index (κ1) is 19.3. The predicted molar refractivity (Wildman–Crippen MR) is 109 cm³/mol. The number of allylic oxidation sites excluding steroid dienone is 1. The maximum atomic E-state index is 14.4. The zero-order valence-corrected chi connectivity index (χ0v) is 15.9. The number of halogens is 2. The van der Waals surface area contributed by atoms with Crippen molar-refractivity contribution in [3.8, 4) is 11.3 Å². The zero-order chi connectivity index (χ0) is 19.4. The lowest BCUT2D eigenvalue weighted by Gasteiger charge is -2.13. The van der Waals surface area contributed by atoms with Gasteiger partial charge in [-0.05, 0) is 62.9 Å². The number of hydrogen-bond donors (Lipinski definition) is 2. The molecule has 0 aliphatic rings. The van der Waals surface area contributed by atoms with E-state index in [0.717, 1.165) is 54.3 Å². The second kappa shape index (κ2) is 8.49. The van der Waals surface area contributed by atoms with Gasteiger partial charge in [-0.3, -0.25) is 0 Å². The van der Waals surface area contributed by atoms with E-state index in [0.29, 0.717) is 16.8 Å². The largest absolute Gasteiger partial charge is 0.352 e. The molecule has 1 aromatic heterocycles. The Hall–Kier alpha value is -2.46. The van der Waals surface area contributed by atoms with Crippen LogP contribution in [-0.4, -0.2) is 18.6 Å². The number of H-pyrrole nitrogens is 1. The molecule has 4 heteroatoms. The van der Waals surface area contributed by atoms with Gasteiger partial charge in [0.25, 0.3) is 0 Å². The van der Waals surface area contributed by atoms with Crippen LogP contribution in [0.4, 0.5) is 8.78 Å². The SMILES string of the molecule is C=CC(CCNC)CCc1c(-c2ccc(C)cc2)[nH]c2c(F)cc(F)cc12. The van der Waals surface area contributed by atoms with Gasteiger partial charge in [0.2, 0.25) is 0 Å². The van der Waals surface area contributed by atoms with Crippen LogP contribution >= 0.6 is 0 Å². The molecular weight excluding hydrogens is 342 g/mol. The number of nitrogens with one attached hydrogen (secondary N) is 2. The van der Waals surface area contributed by atoms with Crippen LogP contribution in [0.25, 0.3) is 22.2 Å². The van der Waals surface area contributed by atoms with Crippen molar-refractivity contribution in [1.82, 2.24) is 10.3 Å². The van der Waals surface area contributed by atoms with Crippen molar-refractivity contribution >= 4 is 10.9 Å². The van der Waals surface area contributed by atoms with Crippen molar-refractivity contribution in [3.63, 3.8) is 0 Å². The van der Waals surface area contributed by atoms with Gasteiger partial charge in [-0.25, -0.2) is 8.78 Å². The van der Waals surface area contributed by atoms with Gasteiger partial charge in [-0.15, -0.1) is 6.58 Å². The Labute approximate surface area is 159 Å². The molecule has 1 atom stereocenters. The van der Waals surface area contributed by atoms with Crippen LogP contribution in [0.3, 0.4) is 0 Å². The third-order valence-electron chi connectivity index (χ3n) is 5.14. The molecule has 0 radical (unpaired) electrons. The summed E-state index contributed by atoms with van der Waals surface area (Å²) >= 11 is 0. The first-order valence-electron chi connectivity index (χ1n) is 9.37. The van der Waals surface area contributed by atoms with Crippen LogP contribution in [0, 0.1) is 24.5 Å². The molecule has 2 N–H and O–H groups in total. The molecule has 0 bridgehead atoms. The van der Waals surface area contributed by atoms with E-state index in [9.17, 15) is 8.78 Å². The Bertz CT molecular complexity index is 926. The summed E-state index contributed by atoms with van der Waals surface area (Å²) in [6, 6.07) is 10.5. The Kier molecular flexibility index (Phi) is 6.07. The van der Waals surface area contributed by atoms with Gasteiger partial charge in [0.15, 0.2) is 0 Å². The molecule has 0 aliphatic carbocycles. The molecule has 0 amide bonds. The van der Waals surface area contributed by atoms with Crippen LogP contribution in [0.15, 0.2) is 49.1 Å². The molecule has 2 nitrogen and oxygen atoms in total. The minimum Gasteiger partial charge on any atom is -0.352 e. The van der Waals surface area contributed by atoms with Crippen molar-refractivity contribution in [3.05, 3.63) is 71.8 Å². The minimum absolute atomic E-state index is 0.353. The Morgan fingerprint density at radius 1 is 1.15 bits per heavy atom. The second-order valence-electron chi connectivity index (χ2n) is 7.08. The number of aryl methyl sites for hydroxylation is 2. The number of aromatic amines is 1. The highest BCUT2D eigenvalue weighted by molar-refractivity contribution is 5.91. The normalized spacial score (nSPS) is 12.4. The topological polar surface area (TPSA) is 27.8 Å². The summed E-state index contributed by atoms with van der Waals surface area (Å²) in [5.41, 5.74) is 4.34. The first-order valence-corrected chi connectivity index (χ1v) is 9.37. The van der Waals surface area contributed by atoms with Gasteiger partial charge in [0.1, 0.15) is 11.6 Å². The Morgan fingerprint density at radius 3 is 2.56 bits per heavy atom. The quantitative estimate of drug-likeness (QED) is 0.486. The number of hydrogen-bond acceptors (Lipinski definition) is 1. The van der Waals surface area contributed by atoms with E-state index in [1.807, 2.05) is 44.3 Å². The van der Waals surface area contributed by atoms with Crippen LogP contribution in [0.2, 0.25) is 0 Å². The zero-order valence-electron chi connectivity index (χ0n) is 15.9. The van der Waals surface area contributed by atoms with Gasteiger partial charge in [0.05, 0.1) is 5.52 Å². The third-order valence-corrected chi connectivity index (χ3v) is 5.14. The van der Waals surface area contributed by atoms with Crippen molar-refractivity contribution in [2.45, 2.75) is 26.2 Å². The maximum Gasteiger partial charge on any atom is 0.150 e. The van der Waals surface area contributed by atoms with Crippen molar-refractivity contribution in [2.24, 2.45) is 5.92 Å². The van der Waals surface area contributed by atoms with Crippen LogP contribution < -0.4 is 5.32 Å². The van der Waals surface area contributed by atoms with Gasteiger partial charge in [-0.2, -0.15) is 0 Å². The maximum absolute atomic E-state index is 14.4. The molecule has 2 aromatic carbocycles. The summed E-state index contributed by atoms with van der Waals surface area (Å²) < 4.78 is 28.3. The average molecular weight is 368 g/mol. The van der Waals surface area contributed by atoms with E-state index >= 15 is 0 Å². The number of benzene rings is 2. The molecular formula is C23H26F2N2. The summed E-state index contributed by atoms with van der Waals surface area (Å²) in [7, 11) is 1.93. The lowest BCUT2D eigenvalue weighted by Crippen LogP contribution is -2.12. The van der Waals surface area contributed by atoms with E-state index in [1.54, 1.807) is 0 Å². The first-order chi connectivity index (χ1) is 13.0. The fourth-order valence-electron chi connectivity index (χ4n) is 3.54.